The van der Waals surface area contributed by atoms with Gasteiger partial charge in [-0.3, -0.25) is 9.59 Å². The number of fused-ring (bicyclic) bond motifs is 1. The van der Waals surface area contributed by atoms with Crippen LogP contribution >= 0.6 is 0 Å². The summed E-state index contributed by atoms with van der Waals surface area (Å²) in [6.07, 6.45) is 1.22. The Hall–Kier alpha value is -1.88. The highest BCUT2D eigenvalue weighted by Gasteiger charge is 2.44. The lowest BCUT2D eigenvalue weighted by Crippen LogP contribution is -2.54. The van der Waals surface area contributed by atoms with Crippen molar-refractivity contribution in [3.63, 3.8) is 0 Å². The van der Waals surface area contributed by atoms with Gasteiger partial charge in [0.15, 0.2) is 0 Å². The van der Waals surface area contributed by atoms with E-state index in [1.165, 1.54) is 0 Å². The average Bonchev–Trinajstić information content (AvgIpc) is 2.78. The van der Waals surface area contributed by atoms with Crippen molar-refractivity contribution >= 4 is 11.8 Å². The average molecular weight is 288 g/mol. The molecule has 3 rings (SSSR count). The maximum absolute atomic E-state index is 12.6. The fourth-order valence-corrected chi connectivity index (χ4v) is 3.22. The molecule has 3 N–H and O–H groups in total. The summed E-state index contributed by atoms with van der Waals surface area (Å²) >= 11 is 0. The van der Waals surface area contributed by atoms with Crippen molar-refractivity contribution in [1.29, 1.82) is 0 Å². The number of carbonyl (C=O) groups excluding carboxylic acids is 2. The summed E-state index contributed by atoms with van der Waals surface area (Å²) in [5.74, 6) is -0.535. The van der Waals surface area contributed by atoms with Gasteiger partial charge in [-0.1, -0.05) is 24.3 Å². The van der Waals surface area contributed by atoms with Gasteiger partial charge in [0.25, 0.3) is 0 Å². The van der Waals surface area contributed by atoms with Crippen LogP contribution in [-0.2, 0) is 16.0 Å². The molecule has 5 nitrogen and oxygen atoms in total. The molecule has 0 bridgehead atoms. The molecule has 0 aromatic heterocycles. The van der Waals surface area contributed by atoms with E-state index in [0.29, 0.717) is 19.4 Å². The molecule has 1 aromatic carbocycles. The summed E-state index contributed by atoms with van der Waals surface area (Å²) in [6, 6.07) is 7.26. The lowest BCUT2D eigenvalue weighted by Gasteiger charge is -2.32. The SMILES string of the molecule is CC1(C(=O)N[C@H]2c3ccccc3C[C@H]2O)CCCNC1=O. The van der Waals surface area contributed by atoms with Gasteiger partial charge in [-0.2, -0.15) is 0 Å². The van der Waals surface area contributed by atoms with E-state index in [-0.39, 0.29) is 11.8 Å². The summed E-state index contributed by atoms with van der Waals surface area (Å²) < 4.78 is 0. The van der Waals surface area contributed by atoms with Crippen molar-refractivity contribution in [3.8, 4) is 0 Å². The summed E-state index contributed by atoms with van der Waals surface area (Å²) in [7, 11) is 0. The Morgan fingerprint density at radius 1 is 1.43 bits per heavy atom. The van der Waals surface area contributed by atoms with Gasteiger partial charge in [0.05, 0.1) is 12.1 Å². The topological polar surface area (TPSA) is 78.4 Å². The number of piperidine rings is 1. The van der Waals surface area contributed by atoms with Crippen LogP contribution < -0.4 is 10.6 Å². The summed E-state index contributed by atoms with van der Waals surface area (Å²) in [4.78, 5) is 24.6. The van der Waals surface area contributed by atoms with Crippen LogP contribution in [0.1, 0.15) is 36.9 Å². The second-order valence-corrected chi connectivity index (χ2v) is 6.11. The first-order valence-corrected chi connectivity index (χ1v) is 7.37. The Bertz CT molecular complexity index is 587. The normalized spacial score (nSPS) is 31.4. The molecule has 2 aliphatic rings. The van der Waals surface area contributed by atoms with E-state index < -0.39 is 17.6 Å². The van der Waals surface area contributed by atoms with Crippen LogP contribution in [0.3, 0.4) is 0 Å². The predicted molar refractivity (Wildman–Crippen MR) is 77.4 cm³/mol. The number of carbonyl (C=O) groups is 2. The predicted octanol–water partition coefficient (Wildman–Crippen LogP) is 0.677. The molecule has 0 radical (unpaired) electrons. The van der Waals surface area contributed by atoms with Crippen LogP contribution in [0, 0.1) is 5.41 Å². The molecule has 2 amide bonds. The van der Waals surface area contributed by atoms with E-state index >= 15 is 0 Å². The van der Waals surface area contributed by atoms with Gasteiger partial charge < -0.3 is 15.7 Å². The van der Waals surface area contributed by atoms with Crippen LogP contribution in [0.4, 0.5) is 0 Å². The molecular weight excluding hydrogens is 268 g/mol. The van der Waals surface area contributed by atoms with Crippen LogP contribution in [0.5, 0.6) is 0 Å². The van der Waals surface area contributed by atoms with E-state index in [2.05, 4.69) is 10.6 Å². The van der Waals surface area contributed by atoms with Crippen molar-refractivity contribution in [2.75, 3.05) is 6.54 Å². The van der Waals surface area contributed by atoms with Gasteiger partial charge in [0.1, 0.15) is 5.41 Å². The van der Waals surface area contributed by atoms with E-state index in [9.17, 15) is 14.7 Å². The van der Waals surface area contributed by atoms with Crippen LogP contribution in [-0.4, -0.2) is 29.6 Å². The second-order valence-electron chi connectivity index (χ2n) is 6.11. The lowest BCUT2D eigenvalue weighted by molar-refractivity contribution is -0.145. The molecule has 1 aliphatic carbocycles. The monoisotopic (exact) mass is 288 g/mol. The second kappa shape index (κ2) is 5.15. The minimum absolute atomic E-state index is 0.230. The third kappa shape index (κ3) is 2.31. The Labute approximate surface area is 123 Å². The van der Waals surface area contributed by atoms with Crippen molar-refractivity contribution in [3.05, 3.63) is 35.4 Å². The van der Waals surface area contributed by atoms with Crippen molar-refractivity contribution in [2.24, 2.45) is 5.41 Å². The molecule has 21 heavy (non-hydrogen) atoms. The minimum atomic E-state index is -1.05. The molecule has 5 heteroatoms. The molecule has 0 spiro atoms. The molecular formula is C16H20N2O3. The number of aliphatic hydroxyl groups excluding tert-OH is 1. The number of benzene rings is 1. The third-order valence-electron chi connectivity index (χ3n) is 4.63. The van der Waals surface area contributed by atoms with Crippen molar-refractivity contribution in [1.82, 2.24) is 10.6 Å². The number of aliphatic hydroxyl groups is 1. The zero-order chi connectivity index (χ0) is 15.0. The van der Waals surface area contributed by atoms with Crippen LogP contribution in [0.15, 0.2) is 24.3 Å². The summed E-state index contributed by atoms with van der Waals surface area (Å²) in [5, 5.41) is 15.8. The number of nitrogens with one attached hydrogen (secondary N) is 2. The third-order valence-corrected chi connectivity index (χ3v) is 4.63. The number of hydrogen-bond acceptors (Lipinski definition) is 3. The van der Waals surface area contributed by atoms with Crippen LogP contribution in [0.2, 0.25) is 0 Å². The number of rotatable bonds is 2. The molecule has 3 atom stereocenters. The van der Waals surface area contributed by atoms with Gasteiger partial charge in [0.2, 0.25) is 11.8 Å². The molecule has 112 valence electrons. The molecule has 1 saturated heterocycles. The number of hydrogen-bond donors (Lipinski definition) is 3. The first kappa shape index (κ1) is 14.1. The Kier molecular flexibility index (Phi) is 3.45. The molecule has 1 fully saturated rings. The Morgan fingerprint density at radius 2 is 2.19 bits per heavy atom. The van der Waals surface area contributed by atoms with E-state index in [0.717, 1.165) is 17.5 Å². The van der Waals surface area contributed by atoms with Crippen LogP contribution in [0.25, 0.3) is 0 Å². The van der Waals surface area contributed by atoms with Gasteiger partial charge >= 0.3 is 0 Å². The molecule has 1 unspecified atom stereocenters. The smallest absolute Gasteiger partial charge is 0.235 e. The van der Waals surface area contributed by atoms with Gasteiger partial charge in [-0.05, 0) is 30.9 Å². The molecule has 0 saturated carbocycles. The van der Waals surface area contributed by atoms with Gasteiger partial charge in [-0.15, -0.1) is 0 Å². The zero-order valence-electron chi connectivity index (χ0n) is 12.1. The maximum Gasteiger partial charge on any atom is 0.235 e. The fraction of sp³-hybridized carbons (Fsp3) is 0.500. The summed E-state index contributed by atoms with van der Waals surface area (Å²) in [6.45, 7) is 2.29. The standard InChI is InChI=1S/C16H20N2O3/c1-16(7-4-8-17-14(16)20)15(21)18-13-11-6-3-2-5-10(11)9-12(13)19/h2-3,5-6,12-13,19H,4,7-9H2,1H3,(H,17,20)(H,18,21)/t12-,13+,16?/m1/s1. The maximum atomic E-state index is 12.6. The molecule has 1 aromatic rings. The highest BCUT2D eigenvalue weighted by molar-refractivity contribution is 6.05. The van der Waals surface area contributed by atoms with E-state index in [1.807, 2.05) is 24.3 Å². The molecule has 1 aliphatic heterocycles. The zero-order valence-corrected chi connectivity index (χ0v) is 12.1. The van der Waals surface area contributed by atoms with Crippen molar-refractivity contribution in [2.45, 2.75) is 38.3 Å². The molecule has 1 heterocycles. The van der Waals surface area contributed by atoms with E-state index in [1.54, 1.807) is 6.92 Å². The number of amides is 2. The van der Waals surface area contributed by atoms with Gasteiger partial charge in [-0.25, -0.2) is 0 Å². The first-order chi connectivity index (χ1) is 10.0. The quantitative estimate of drug-likeness (QED) is 0.700. The largest absolute Gasteiger partial charge is 0.390 e. The highest BCUT2D eigenvalue weighted by atomic mass is 16.3. The summed E-state index contributed by atoms with van der Waals surface area (Å²) in [5.41, 5.74) is 0.946. The van der Waals surface area contributed by atoms with Crippen molar-refractivity contribution < 1.29 is 14.7 Å². The Balaban J connectivity index is 1.80. The lowest BCUT2D eigenvalue weighted by atomic mass is 9.80. The van der Waals surface area contributed by atoms with E-state index in [4.69, 9.17) is 0 Å². The van der Waals surface area contributed by atoms with Gasteiger partial charge in [0, 0.05) is 13.0 Å². The first-order valence-electron chi connectivity index (χ1n) is 7.37. The minimum Gasteiger partial charge on any atom is -0.390 e. The fourth-order valence-electron chi connectivity index (χ4n) is 3.22. The highest BCUT2D eigenvalue weighted by Crippen LogP contribution is 2.34. The Morgan fingerprint density at radius 3 is 2.95 bits per heavy atom.